The number of benzene rings is 2. The first-order valence-electron chi connectivity index (χ1n) is 7.00. The molecular formula is C18H20ClNO. The average Bonchev–Trinajstić information content (AvgIpc) is 2.40. The molecule has 0 bridgehead atoms. The fraction of sp³-hybridized carbons (Fsp3) is 0.278. The minimum Gasteiger partial charge on any atom is -0.347 e. The van der Waals surface area contributed by atoms with Crippen molar-refractivity contribution < 1.29 is 4.79 Å². The zero-order valence-corrected chi connectivity index (χ0v) is 13.4. The standard InChI is InChI=1S/C18H20ClNO/c1-18(2,3)20-17(21)14-10-7-11-16(19)15(14)12-13-8-5-4-6-9-13/h4-11H,12H2,1-3H3,(H,20,21). The number of rotatable bonds is 3. The highest BCUT2D eigenvalue weighted by molar-refractivity contribution is 6.32. The summed E-state index contributed by atoms with van der Waals surface area (Å²) in [5.74, 6) is -0.0871. The Morgan fingerprint density at radius 3 is 2.33 bits per heavy atom. The van der Waals surface area contributed by atoms with Gasteiger partial charge in [0.1, 0.15) is 0 Å². The molecular weight excluding hydrogens is 282 g/mol. The van der Waals surface area contributed by atoms with Gasteiger partial charge >= 0.3 is 0 Å². The fourth-order valence-electron chi connectivity index (χ4n) is 2.16. The van der Waals surface area contributed by atoms with Crippen LogP contribution in [0, 0.1) is 0 Å². The molecule has 3 heteroatoms. The molecule has 2 nitrogen and oxygen atoms in total. The smallest absolute Gasteiger partial charge is 0.252 e. The van der Waals surface area contributed by atoms with Crippen LogP contribution < -0.4 is 5.32 Å². The lowest BCUT2D eigenvalue weighted by atomic mass is 9.98. The highest BCUT2D eigenvalue weighted by Crippen LogP contribution is 2.24. The molecule has 0 spiro atoms. The van der Waals surface area contributed by atoms with Crippen molar-refractivity contribution in [2.24, 2.45) is 0 Å². The first-order chi connectivity index (χ1) is 9.87. The Labute approximate surface area is 131 Å². The van der Waals surface area contributed by atoms with Gasteiger partial charge < -0.3 is 5.32 Å². The van der Waals surface area contributed by atoms with Gasteiger partial charge in [0, 0.05) is 16.1 Å². The maximum absolute atomic E-state index is 12.5. The molecule has 0 saturated heterocycles. The molecule has 0 aliphatic heterocycles. The normalized spacial score (nSPS) is 11.2. The Kier molecular flexibility index (Phi) is 4.69. The van der Waals surface area contributed by atoms with Crippen LogP contribution in [-0.2, 0) is 6.42 Å². The maximum Gasteiger partial charge on any atom is 0.252 e. The summed E-state index contributed by atoms with van der Waals surface area (Å²) in [4.78, 5) is 12.5. The number of halogens is 1. The van der Waals surface area contributed by atoms with Crippen LogP contribution in [0.25, 0.3) is 0 Å². The van der Waals surface area contributed by atoms with E-state index in [9.17, 15) is 4.79 Å². The van der Waals surface area contributed by atoms with Gasteiger partial charge in [0.15, 0.2) is 0 Å². The van der Waals surface area contributed by atoms with Crippen LogP contribution in [-0.4, -0.2) is 11.4 Å². The summed E-state index contributed by atoms with van der Waals surface area (Å²) < 4.78 is 0. The second-order valence-electron chi connectivity index (χ2n) is 6.13. The van der Waals surface area contributed by atoms with E-state index >= 15 is 0 Å². The van der Waals surface area contributed by atoms with Crippen molar-refractivity contribution in [3.63, 3.8) is 0 Å². The third-order valence-corrected chi connectivity index (χ3v) is 3.43. The monoisotopic (exact) mass is 301 g/mol. The van der Waals surface area contributed by atoms with E-state index in [0.29, 0.717) is 17.0 Å². The van der Waals surface area contributed by atoms with Gasteiger partial charge in [-0.05, 0) is 50.5 Å². The van der Waals surface area contributed by atoms with Crippen LogP contribution in [0.4, 0.5) is 0 Å². The largest absolute Gasteiger partial charge is 0.347 e. The molecule has 0 aliphatic rings. The lowest BCUT2D eigenvalue weighted by Crippen LogP contribution is -2.41. The zero-order valence-electron chi connectivity index (χ0n) is 12.6. The van der Waals surface area contributed by atoms with Gasteiger partial charge in [-0.15, -0.1) is 0 Å². The van der Waals surface area contributed by atoms with Crippen LogP contribution >= 0.6 is 11.6 Å². The van der Waals surface area contributed by atoms with Crippen LogP contribution in [0.3, 0.4) is 0 Å². The van der Waals surface area contributed by atoms with E-state index in [1.807, 2.05) is 69.3 Å². The van der Waals surface area contributed by atoms with Crippen molar-refractivity contribution in [2.45, 2.75) is 32.7 Å². The lowest BCUT2D eigenvalue weighted by molar-refractivity contribution is 0.0918. The van der Waals surface area contributed by atoms with Gasteiger partial charge in [0.2, 0.25) is 0 Å². The third-order valence-electron chi connectivity index (χ3n) is 3.08. The lowest BCUT2D eigenvalue weighted by Gasteiger charge is -2.22. The third kappa shape index (κ3) is 4.33. The summed E-state index contributed by atoms with van der Waals surface area (Å²) in [7, 11) is 0. The molecule has 0 atom stereocenters. The molecule has 0 unspecified atom stereocenters. The van der Waals surface area contributed by atoms with E-state index in [1.54, 1.807) is 0 Å². The quantitative estimate of drug-likeness (QED) is 0.891. The molecule has 0 heterocycles. The number of nitrogens with one attached hydrogen (secondary N) is 1. The van der Waals surface area contributed by atoms with Gasteiger partial charge in [-0.25, -0.2) is 0 Å². The molecule has 0 saturated carbocycles. The Bertz CT molecular complexity index is 629. The van der Waals surface area contributed by atoms with Crippen LogP contribution in [0.1, 0.15) is 42.3 Å². The summed E-state index contributed by atoms with van der Waals surface area (Å²) in [6.07, 6.45) is 0.646. The van der Waals surface area contributed by atoms with Gasteiger partial charge in [0.05, 0.1) is 0 Å². The molecule has 2 aromatic rings. The number of carbonyl (C=O) groups excluding carboxylic acids is 1. The SMILES string of the molecule is CC(C)(C)NC(=O)c1cccc(Cl)c1Cc1ccccc1. The molecule has 2 aromatic carbocycles. The number of amides is 1. The van der Waals surface area contributed by atoms with Crippen molar-refractivity contribution in [1.29, 1.82) is 0 Å². The van der Waals surface area contributed by atoms with E-state index in [2.05, 4.69) is 5.32 Å². The Morgan fingerprint density at radius 2 is 1.71 bits per heavy atom. The fourth-order valence-corrected chi connectivity index (χ4v) is 2.40. The summed E-state index contributed by atoms with van der Waals surface area (Å²) in [5, 5.41) is 3.62. The van der Waals surface area contributed by atoms with Gasteiger partial charge in [-0.2, -0.15) is 0 Å². The van der Waals surface area contributed by atoms with E-state index in [1.165, 1.54) is 0 Å². The molecule has 110 valence electrons. The molecule has 0 aliphatic carbocycles. The second kappa shape index (κ2) is 6.31. The number of hydrogen-bond acceptors (Lipinski definition) is 1. The predicted molar refractivity (Wildman–Crippen MR) is 87.9 cm³/mol. The average molecular weight is 302 g/mol. The van der Waals surface area contributed by atoms with Gasteiger partial charge in [-0.1, -0.05) is 48.0 Å². The van der Waals surface area contributed by atoms with Gasteiger partial charge in [0.25, 0.3) is 5.91 Å². The van der Waals surface area contributed by atoms with Gasteiger partial charge in [-0.3, -0.25) is 4.79 Å². The van der Waals surface area contributed by atoms with Crippen molar-refractivity contribution in [3.05, 3.63) is 70.2 Å². The first-order valence-corrected chi connectivity index (χ1v) is 7.38. The molecule has 2 rings (SSSR count). The van der Waals surface area contributed by atoms with Crippen molar-refractivity contribution in [1.82, 2.24) is 5.32 Å². The molecule has 21 heavy (non-hydrogen) atoms. The number of carbonyl (C=O) groups is 1. The summed E-state index contributed by atoms with van der Waals surface area (Å²) >= 11 is 6.31. The van der Waals surface area contributed by atoms with Crippen molar-refractivity contribution >= 4 is 17.5 Å². The maximum atomic E-state index is 12.5. The Hall–Kier alpha value is -1.80. The van der Waals surface area contributed by atoms with Crippen molar-refractivity contribution in [3.8, 4) is 0 Å². The first kappa shape index (κ1) is 15.6. The van der Waals surface area contributed by atoms with Crippen molar-refractivity contribution in [2.75, 3.05) is 0 Å². The highest BCUT2D eigenvalue weighted by Gasteiger charge is 2.19. The second-order valence-corrected chi connectivity index (χ2v) is 6.54. The van der Waals surface area contributed by atoms with E-state index in [0.717, 1.165) is 11.1 Å². The zero-order chi connectivity index (χ0) is 15.5. The highest BCUT2D eigenvalue weighted by atomic mass is 35.5. The van der Waals surface area contributed by atoms with Crippen LogP contribution in [0.2, 0.25) is 5.02 Å². The minimum atomic E-state index is -0.274. The number of hydrogen-bond donors (Lipinski definition) is 1. The van der Waals surface area contributed by atoms with E-state index < -0.39 is 0 Å². The molecule has 1 N–H and O–H groups in total. The van der Waals surface area contributed by atoms with E-state index in [-0.39, 0.29) is 11.4 Å². The topological polar surface area (TPSA) is 29.1 Å². The van der Waals surface area contributed by atoms with E-state index in [4.69, 9.17) is 11.6 Å². The van der Waals surface area contributed by atoms with Crippen LogP contribution in [0.5, 0.6) is 0 Å². The molecule has 0 radical (unpaired) electrons. The molecule has 1 amide bonds. The van der Waals surface area contributed by atoms with Crippen LogP contribution in [0.15, 0.2) is 48.5 Å². The summed E-state index contributed by atoms with van der Waals surface area (Å²) in [5.41, 5.74) is 2.37. The molecule has 0 aromatic heterocycles. The Morgan fingerprint density at radius 1 is 1.05 bits per heavy atom. The molecule has 0 fully saturated rings. The summed E-state index contributed by atoms with van der Waals surface area (Å²) in [6.45, 7) is 5.89. The summed E-state index contributed by atoms with van der Waals surface area (Å²) in [6, 6.07) is 15.5. The predicted octanol–water partition coefficient (Wildman–Crippen LogP) is 4.46. The minimum absolute atomic E-state index is 0.0871. The Balaban J connectivity index is 2.34.